The third-order valence-electron chi connectivity index (χ3n) is 6.25. The second kappa shape index (κ2) is 7.95. The summed E-state index contributed by atoms with van der Waals surface area (Å²) in [5.41, 5.74) is 2.37. The molecule has 3 aliphatic heterocycles. The fourth-order valence-electron chi connectivity index (χ4n) is 4.61. The molecule has 3 aliphatic rings. The molecule has 0 saturated carbocycles. The molecule has 0 aromatic heterocycles. The first kappa shape index (κ1) is 18.9. The van der Waals surface area contributed by atoms with Gasteiger partial charge in [0.15, 0.2) is 0 Å². The lowest BCUT2D eigenvalue weighted by atomic mass is 9.97. The van der Waals surface area contributed by atoms with Gasteiger partial charge in [0, 0.05) is 31.7 Å². The van der Waals surface area contributed by atoms with Gasteiger partial charge in [-0.05, 0) is 37.7 Å². The number of hydrogen-bond donors (Lipinski definition) is 2. The highest BCUT2D eigenvalue weighted by molar-refractivity contribution is 5.46. The van der Waals surface area contributed by atoms with E-state index in [4.69, 9.17) is 9.47 Å². The van der Waals surface area contributed by atoms with Crippen molar-refractivity contribution in [2.75, 3.05) is 33.2 Å². The van der Waals surface area contributed by atoms with Crippen molar-refractivity contribution in [3.8, 4) is 11.5 Å². The summed E-state index contributed by atoms with van der Waals surface area (Å²) in [6.45, 7) is 7.09. The maximum Gasteiger partial charge on any atom is 0.147 e. The van der Waals surface area contributed by atoms with E-state index in [1.807, 2.05) is 24.3 Å². The van der Waals surface area contributed by atoms with Gasteiger partial charge in [0.05, 0.1) is 12.2 Å². The Bertz CT molecular complexity index is 838. The molecule has 0 radical (unpaired) electrons. The number of benzene rings is 2. The van der Waals surface area contributed by atoms with E-state index in [9.17, 15) is 0 Å². The van der Waals surface area contributed by atoms with Gasteiger partial charge >= 0.3 is 0 Å². The Labute approximate surface area is 172 Å². The van der Waals surface area contributed by atoms with E-state index in [0.717, 1.165) is 37.7 Å². The van der Waals surface area contributed by atoms with Gasteiger partial charge in [-0.15, -0.1) is 0 Å². The van der Waals surface area contributed by atoms with Crippen LogP contribution in [0.15, 0.2) is 48.5 Å². The number of piperazine rings is 1. The summed E-state index contributed by atoms with van der Waals surface area (Å²) in [6, 6.07) is 16.7. The second-order valence-corrected chi connectivity index (χ2v) is 8.37. The van der Waals surface area contributed by atoms with Crippen LogP contribution in [0.3, 0.4) is 0 Å². The van der Waals surface area contributed by atoms with Crippen LogP contribution in [0.1, 0.15) is 24.1 Å². The Morgan fingerprint density at radius 3 is 2.62 bits per heavy atom. The molecule has 2 aromatic rings. The Morgan fingerprint density at radius 1 is 1.03 bits per heavy atom. The van der Waals surface area contributed by atoms with Crippen LogP contribution >= 0.6 is 0 Å². The molecule has 0 bridgehead atoms. The zero-order valence-corrected chi connectivity index (χ0v) is 17.2. The average molecular weight is 395 g/mol. The first-order chi connectivity index (χ1) is 14.2. The lowest BCUT2D eigenvalue weighted by Crippen LogP contribution is -2.68. The zero-order chi connectivity index (χ0) is 19.8. The molecule has 6 heteroatoms. The van der Waals surface area contributed by atoms with Crippen molar-refractivity contribution in [1.82, 2.24) is 20.4 Å². The quantitative estimate of drug-likeness (QED) is 0.829. The molecule has 2 saturated heterocycles. The summed E-state index contributed by atoms with van der Waals surface area (Å²) in [6.07, 6.45) is 0.504. The number of nitrogens with one attached hydrogen (secondary N) is 2. The van der Waals surface area contributed by atoms with Crippen molar-refractivity contribution < 1.29 is 9.47 Å². The monoisotopic (exact) mass is 394 g/mol. The molecular weight excluding hydrogens is 364 g/mol. The number of nitrogens with zero attached hydrogens (tertiary/aromatic N) is 2. The minimum Gasteiger partial charge on any atom is -0.489 e. The van der Waals surface area contributed by atoms with Gasteiger partial charge in [-0.2, -0.15) is 0 Å². The molecule has 5 rings (SSSR count). The van der Waals surface area contributed by atoms with Crippen LogP contribution < -0.4 is 20.1 Å². The van der Waals surface area contributed by atoms with E-state index in [1.54, 1.807) is 0 Å². The van der Waals surface area contributed by atoms with E-state index in [2.05, 4.69) is 58.7 Å². The van der Waals surface area contributed by atoms with Crippen LogP contribution in [0.2, 0.25) is 0 Å². The summed E-state index contributed by atoms with van der Waals surface area (Å²) in [5.74, 6) is 1.86. The molecule has 0 aliphatic carbocycles. The molecule has 0 amide bonds. The Kier molecular flexibility index (Phi) is 5.18. The van der Waals surface area contributed by atoms with Gasteiger partial charge in [-0.3, -0.25) is 15.5 Å². The van der Waals surface area contributed by atoms with E-state index < -0.39 is 0 Å². The van der Waals surface area contributed by atoms with Crippen molar-refractivity contribution in [2.45, 2.75) is 38.0 Å². The Morgan fingerprint density at radius 2 is 1.83 bits per heavy atom. The number of ether oxygens (including phenoxy) is 2. The molecule has 4 atom stereocenters. The fraction of sp³-hybridized carbons (Fsp3) is 0.478. The van der Waals surface area contributed by atoms with Crippen LogP contribution in [-0.4, -0.2) is 61.5 Å². The van der Waals surface area contributed by atoms with E-state index >= 15 is 0 Å². The second-order valence-electron chi connectivity index (χ2n) is 8.37. The topological polar surface area (TPSA) is 49.0 Å². The molecule has 29 heavy (non-hydrogen) atoms. The average Bonchev–Trinajstić information content (AvgIpc) is 3.11. The molecule has 0 spiro atoms. The van der Waals surface area contributed by atoms with Gasteiger partial charge in [0.1, 0.15) is 30.4 Å². The predicted octanol–water partition coefficient (Wildman–Crippen LogP) is 2.18. The van der Waals surface area contributed by atoms with Crippen LogP contribution in [0, 0.1) is 0 Å². The van der Waals surface area contributed by atoms with Crippen molar-refractivity contribution in [3.05, 3.63) is 59.7 Å². The third kappa shape index (κ3) is 3.85. The minimum absolute atomic E-state index is 0.0639. The van der Waals surface area contributed by atoms with Gasteiger partial charge in [-0.1, -0.05) is 30.3 Å². The van der Waals surface area contributed by atoms with Crippen LogP contribution in [-0.2, 0) is 6.61 Å². The molecule has 2 aromatic carbocycles. The van der Waals surface area contributed by atoms with Crippen molar-refractivity contribution >= 4 is 0 Å². The maximum absolute atomic E-state index is 6.43. The smallest absolute Gasteiger partial charge is 0.147 e. The minimum atomic E-state index is 0.0639. The Balaban J connectivity index is 1.33. The SMILES string of the molecule is CC1NC2c3cc(OCc4ccccc4)ccc3OC2C(N2CCN(C)CC2)N1. The molecule has 3 heterocycles. The maximum atomic E-state index is 6.43. The molecule has 6 nitrogen and oxygen atoms in total. The lowest BCUT2D eigenvalue weighted by molar-refractivity contribution is -0.0173. The van der Waals surface area contributed by atoms with Gasteiger partial charge in [0.2, 0.25) is 0 Å². The van der Waals surface area contributed by atoms with Crippen molar-refractivity contribution in [1.29, 1.82) is 0 Å². The van der Waals surface area contributed by atoms with Crippen LogP contribution in [0.4, 0.5) is 0 Å². The predicted molar refractivity (Wildman–Crippen MR) is 113 cm³/mol. The molecule has 2 N–H and O–H groups in total. The van der Waals surface area contributed by atoms with E-state index in [-0.39, 0.29) is 24.5 Å². The first-order valence-corrected chi connectivity index (χ1v) is 10.6. The van der Waals surface area contributed by atoms with Crippen LogP contribution in [0.25, 0.3) is 0 Å². The van der Waals surface area contributed by atoms with Crippen molar-refractivity contribution in [3.63, 3.8) is 0 Å². The highest BCUT2D eigenvalue weighted by Crippen LogP contribution is 2.42. The molecule has 154 valence electrons. The number of fused-ring (bicyclic) bond motifs is 3. The summed E-state index contributed by atoms with van der Waals surface area (Å²) in [7, 11) is 2.19. The van der Waals surface area contributed by atoms with Gasteiger partial charge in [-0.25, -0.2) is 0 Å². The normalized spacial score (nSPS) is 29.7. The van der Waals surface area contributed by atoms with E-state index in [1.165, 1.54) is 11.1 Å². The van der Waals surface area contributed by atoms with Crippen LogP contribution in [0.5, 0.6) is 11.5 Å². The summed E-state index contributed by atoms with van der Waals surface area (Å²) >= 11 is 0. The zero-order valence-electron chi connectivity index (χ0n) is 17.2. The van der Waals surface area contributed by atoms with E-state index in [0.29, 0.717) is 6.61 Å². The number of hydrogen-bond acceptors (Lipinski definition) is 6. The molecule has 4 unspecified atom stereocenters. The Hall–Kier alpha value is -2.12. The first-order valence-electron chi connectivity index (χ1n) is 10.6. The standard InChI is InChI=1S/C23H30N4O2/c1-16-24-21-19-14-18(28-15-17-6-4-3-5-7-17)8-9-20(19)29-22(21)23(25-16)27-12-10-26(2)11-13-27/h3-9,14,16,21-25H,10-13,15H2,1-2H3. The summed E-state index contributed by atoms with van der Waals surface area (Å²) in [4.78, 5) is 4.92. The lowest BCUT2D eigenvalue weighted by Gasteiger charge is -2.46. The largest absolute Gasteiger partial charge is 0.489 e. The number of rotatable bonds is 4. The van der Waals surface area contributed by atoms with Gasteiger partial charge in [0.25, 0.3) is 0 Å². The highest BCUT2D eigenvalue weighted by atomic mass is 16.5. The van der Waals surface area contributed by atoms with Gasteiger partial charge < -0.3 is 14.4 Å². The highest BCUT2D eigenvalue weighted by Gasteiger charge is 2.46. The summed E-state index contributed by atoms with van der Waals surface area (Å²) < 4.78 is 12.5. The number of likely N-dealkylation sites (N-methyl/N-ethyl adjacent to an activating group) is 1. The van der Waals surface area contributed by atoms with Crippen molar-refractivity contribution in [2.24, 2.45) is 0 Å². The third-order valence-corrected chi connectivity index (χ3v) is 6.25. The molecule has 2 fully saturated rings. The summed E-state index contributed by atoms with van der Waals surface area (Å²) in [5, 5.41) is 7.39. The molecular formula is C23H30N4O2. The fourth-order valence-corrected chi connectivity index (χ4v) is 4.61.